The molecule has 1 rings (SSSR count). The highest BCUT2D eigenvalue weighted by Gasteiger charge is 2.12. The van der Waals surface area contributed by atoms with Crippen molar-refractivity contribution in [1.82, 2.24) is 4.98 Å². The number of hydrogen-bond donors (Lipinski definition) is 1. The van der Waals surface area contributed by atoms with Gasteiger partial charge in [-0.2, -0.15) is 0 Å². The third-order valence-electron chi connectivity index (χ3n) is 1.43. The summed E-state index contributed by atoms with van der Waals surface area (Å²) >= 11 is 3.05. The SMILES string of the molecule is O=c1cc(C(F)F)c(CBr)c[nH]1. The van der Waals surface area contributed by atoms with E-state index in [9.17, 15) is 13.6 Å². The zero-order chi connectivity index (χ0) is 9.14. The predicted octanol–water partition coefficient (Wildman–Crippen LogP) is 2.21. The summed E-state index contributed by atoms with van der Waals surface area (Å²) in [4.78, 5) is 13.0. The molecule has 0 aliphatic rings. The Morgan fingerprint density at radius 1 is 1.58 bits per heavy atom. The molecule has 0 bridgehead atoms. The topological polar surface area (TPSA) is 32.9 Å². The van der Waals surface area contributed by atoms with E-state index in [0.717, 1.165) is 6.07 Å². The number of alkyl halides is 3. The Balaban J connectivity index is 3.21. The van der Waals surface area contributed by atoms with Crippen molar-refractivity contribution in [3.63, 3.8) is 0 Å². The molecule has 1 heterocycles. The van der Waals surface area contributed by atoms with Crippen molar-refractivity contribution in [2.24, 2.45) is 0 Å². The monoisotopic (exact) mass is 237 g/mol. The van der Waals surface area contributed by atoms with Gasteiger partial charge in [0.15, 0.2) is 0 Å². The second kappa shape index (κ2) is 3.80. The molecule has 1 aromatic heterocycles. The molecule has 0 unspecified atom stereocenters. The molecule has 0 radical (unpaired) electrons. The Labute approximate surface area is 75.7 Å². The van der Waals surface area contributed by atoms with Gasteiger partial charge in [-0.05, 0) is 5.56 Å². The van der Waals surface area contributed by atoms with Gasteiger partial charge in [-0.3, -0.25) is 4.79 Å². The maximum atomic E-state index is 12.2. The lowest BCUT2D eigenvalue weighted by Gasteiger charge is -2.03. The van der Waals surface area contributed by atoms with Crippen LogP contribution in [0.1, 0.15) is 17.6 Å². The summed E-state index contributed by atoms with van der Waals surface area (Å²) in [5, 5.41) is 0.309. The first-order valence-electron chi connectivity index (χ1n) is 3.20. The van der Waals surface area contributed by atoms with E-state index >= 15 is 0 Å². The van der Waals surface area contributed by atoms with Gasteiger partial charge in [0.1, 0.15) is 0 Å². The average Bonchev–Trinajstić information content (AvgIpc) is 2.04. The van der Waals surface area contributed by atoms with Crippen LogP contribution in [0.4, 0.5) is 8.78 Å². The van der Waals surface area contributed by atoms with Crippen LogP contribution < -0.4 is 5.56 Å². The van der Waals surface area contributed by atoms with Crippen molar-refractivity contribution in [2.75, 3.05) is 0 Å². The van der Waals surface area contributed by atoms with Gasteiger partial charge in [-0.25, -0.2) is 8.78 Å². The number of rotatable bonds is 2. The van der Waals surface area contributed by atoms with Crippen LogP contribution in [0.15, 0.2) is 17.1 Å². The quantitative estimate of drug-likeness (QED) is 0.787. The lowest BCUT2D eigenvalue weighted by Crippen LogP contribution is -2.07. The molecule has 0 fully saturated rings. The first-order valence-corrected chi connectivity index (χ1v) is 4.33. The minimum absolute atomic E-state index is 0.212. The standard InChI is InChI=1S/C7H6BrF2NO/c8-2-4-3-11-6(12)1-5(4)7(9)10/h1,3,7H,2H2,(H,11,12). The van der Waals surface area contributed by atoms with E-state index < -0.39 is 12.0 Å². The molecular weight excluding hydrogens is 232 g/mol. The molecule has 0 saturated carbocycles. The fourth-order valence-corrected chi connectivity index (χ4v) is 1.32. The second-order valence-electron chi connectivity index (χ2n) is 2.21. The fourth-order valence-electron chi connectivity index (χ4n) is 0.836. The summed E-state index contributed by atoms with van der Waals surface area (Å²) in [6, 6.07) is 0.918. The molecule has 1 N–H and O–H groups in total. The summed E-state index contributed by atoms with van der Waals surface area (Å²) in [6.45, 7) is 0. The van der Waals surface area contributed by atoms with Gasteiger partial charge < -0.3 is 4.98 Å². The van der Waals surface area contributed by atoms with Crippen LogP contribution in [-0.4, -0.2) is 4.98 Å². The summed E-state index contributed by atoms with van der Waals surface area (Å²) in [5.41, 5.74) is -0.310. The van der Waals surface area contributed by atoms with Crippen molar-refractivity contribution in [1.29, 1.82) is 0 Å². The number of aromatic nitrogens is 1. The van der Waals surface area contributed by atoms with E-state index in [4.69, 9.17) is 0 Å². The molecule has 5 heteroatoms. The van der Waals surface area contributed by atoms with Crippen LogP contribution in [0.25, 0.3) is 0 Å². The van der Waals surface area contributed by atoms with Crippen LogP contribution in [0.2, 0.25) is 0 Å². The molecule has 0 aliphatic carbocycles. The van der Waals surface area contributed by atoms with E-state index in [1.807, 2.05) is 0 Å². The molecule has 1 aromatic rings. The summed E-state index contributed by atoms with van der Waals surface area (Å²) < 4.78 is 24.4. The van der Waals surface area contributed by atoms with Crippen molar-refractivity contribution >= 4 is 15.9 Å². The second-order valence-corrected chi connectivity index (χ2v) is 2.77. The lowest BCUT2D eigenvalue weighted by atomic mass is 10.2. The Bertz CT molecular complexity index is 323. The zero-order valence-electron chi connectivity index (χ0n) is 5.98. The highest BCUT2D eigenvalue weighted by molar-refractivity contribution is 9.08. The first-order chi connectivity index (χ1) is 5.65. The van der Waals surface area contributed by atoms with Gasteiger partial charge in [0.2, 0.25) is 5.56 Å². The molecule has 2 nitrogen and oxygen atoms in total. The molecule has 66 valence electrons. The van der Waals surface area contributed by atoms with Gasteiger partial charge >= 0.3 is 0 Å². The number of nitrogens with one attached hydrogen (secondary N) is 1. The Morgan fingerprint density at radius 2 is 2.25 bits per heavy atom. The maximum absolute atomic E-state index is 12.2. The van der Waals surface area contributed by atoms with Gasteiger partial charge in [0, 0.05) is 23.2 Å². The predicted molar refractivity (Wildman–Crippen MR) is 44.7 cm³/mol. The Morgan fingerprint density at radius 3 is 2.75 bits per heavy atom. The van der Waals surface area contributed by atoms with Crippen LogP contribution in [0.5, 0.6) is 0 Å². The molecule has 0 spiro atoms. The van der Waals surface area contributed by atoms with Crippen molar-refractivity contribution in [2.45, 2.75) is 11.8 Å². The number of H-pyrrole nitrogens is 1. The Kier molecular flexibility index (Phi) is 2.97. The van der Waals surface area contributed by atoms with E-state index in [1.165, 1.54) is 6.20 Å². The molecule has 0 atom stereocenters. The fraction of sp³-hybridized carbons (Fsp3) is 0.286. The molecule has 0 aliphatic heterocycles. The molecule has 0 aromatic carbocycles. The summed E-state index contributed by atoms with van der Waals surface area (Å²) in [7, 11) is 0. The third-order valence-corrected chi connectivity index (χ3v) is 2.03. The van der Waals surface area contributed by atoms with Crippen molar-refractivity contribution < 1.29 is 8.78 Å². The Hall–Kier alpha value is -0.710. The lowest BCUT2D eigenvalue weighted by molar-refractivity contribution is 0.150. The van der Waals surface area contributed by atoms with Gasteiger partial charge in [-0.1, -0.05) is 15.9 Å². The maximum Gasteiger partial charge on any atom is 0.264 e. The van der Waals surface area contributed by atoms with Crippen molar-refractivity contribution in [3.8, 4) is 0 Å². The third kappa shape index (κ3) is 1.91. The first kappa shape index (κ1) is 9.38. The highest BCUT2D eigenvalue weighted by Crippen LogP contribution is 2.22. The van der Waals surface area contributed by atoms with Gasteiger partial charge in [-0.15, -0.1) is 0 Å². The van der Waals surface area contributed by atoms with E-state index in [0.29, 0.717) is 10.9 Å². The molecular formula is C7H6BrF2NO. The largest absolute Gasteiger partial charge is 0.329 e. The summed E-state index contributed by atoms with van der Waals surface area (Å²) in [5.74, 6) is 0. The van der Waals surface area contributed by atoms with E-state index in [-0.39, 0.29) is 5.56 Å². The minimum Gasteiger partial charge on any atom is -0.329 e. The molecule has 0 saturated heterocycles. The highest BCUT2D eigenvalue weighted by atomic mass is 79.9. The smallest absolute Gasteiger partial charge is 0.264 e. The molecule has 12 heavy (non-hydrogen) atoms. The number of aromatic amines is 1. The summed E-state index contributed by atoms with van der Waals surface area (Å²) in [6.07, 6.45) is -1.31. The van der Waals surface area contributed by atoms with Crippen molar-refractivity contribution in [3.05, 3.63) is 33.7 Å². The number of hydrogen-bond acceptors (Lipinski definition) is 1. The van der Waals surface area contributed by atoms with Gasteiger partial charge in [0.25, 0.3) is 6.43 Å². The van der Waals surface area contributed by atoms with Gasteiger partial charge in [0.05, 0.1) is 0 Å². The normalized spacial score (nSPS) is 10.7. The minimum atomic E-state index is -2.60. The number of halogens is 3. The number of pyridine rings is 1. The van der Waals surface area contributed by atoms with E-state index in [1.54, 1.807) is 0 Å². The zero-order valence-corrected chi connectivity index (χ0v) is 7.57. The van der Waals surface area contributed by atoms with Crippen LogP contribution in [-0.2, 0) is 5.33 Å². The van der Waals surface area contributed by atoms with Crippen LogP contribution in [0, 0.1) is 0 Å². The van der Waals surface area contributed by atoms with E-state index in [2.05, 4.69) is 20.9 Å². The van der Waals surface area contributed by atoms with Crippen LogP contribution in [0.3, 0.4) is 0 Å². The average molecular weight is 238 g/mol. The van der Waals surface area contributed by atoms with Crippen LogP contribution >= 0.6 is 15.9 Å². The molecule has 0 amide bonds.